The predicted octanol–water partition coefficient (Wildman–Crippen LogP) is 4.09. The highest BCUT2D eigenvalue weighted by atomic mass is 35.5. The number of anilines is 1. The lowest BCUT2D eigenvalue weighted by Gasteiger charge is -2.09. The van der Waals surface area contributed by atoms with Crippen molar-refractivity contribution in [1.29, 1.82) is 0 Å². The predicted molar refractivity (Wildman–Crippen MR) is 73.3 cm³/mol. The second-order valence-corrected chi connectivity index (χ2v) is 4.61. The Balaban J connectivity index is 2.34. The van der Waals surface area contributed by atoms with Crippen molar-refractivity contribution in [2.75, 3.05) is 5.32 Å². The number of nitrogens with zero attached hydrogens (tertiary/aromatic N) is 1. The SMILES string of the molecule is Cc1cc(Cl)nc(Cl)c1C(=O)Nc1ccccc1F. The molecule has 1 aromatic carbocycles. The highest BCUT2D eigenvalue weighted by Gasteiger charge is 2.17. The van der Waals surface area contributed by atoms with Crippen molar-refractivity contribution in [2.45, 2.75) is 6.92 Å². The summed E-state index contributed by atoms with van der Waals surface area (Å²) in [6.07, 6.45) is 0. The van der Waals surface area contributed by atoms with E-state index in [4.69, 9.17) is 23.2 Å². The molecular formula is C13H9Cl2FN2O. The molecule has 0 saturated carbocycles. The lowest BCUT2D eigenvalue weighted by molar-refractivity contribution is 0.102. The molecule has 0 atom stereocenters. The molecule has 0 fully saturated rings. The summed E-state index contributed by atoms with van der Waals surface area (Å²) in [5, 5.41) is 2.63. The molecule has 2 aromatic rings. The van der Waals surface area contributed by atoms with Crippen LogP contribution < -0.4 is 5.32 Å². The summed E-state index contributed by atoms with van der Waals surface area (Å²) in [5.41, 5.74) is 0.825. The quantitative estimate of drug-likeness (QED) is 0.849. The van der Waals surface area contributed by atoms with E-state index < -0.39 is 11.7 Å². The van der Waals surface area contributed by atoms with E-state index in [1.165, 1.54) is 24.3 Å². The van der Waals surface area contributed by atoms with Gasteiger partial charge in [0.1, 0.15) is 16.1 Å². The zero-order chi connectivity index (χ0) is 14.0. The van der Waals surface area contributed by atoms with Gasteiger partial charge in [0.05, 0.1) is 11.3 Å². The minimum absolute atomic E-state index is 0.0150. The molecule has 1 aromatic heterocycles. The molecule has 0 aliphatic carbocycles. The van der Waals surface area contributed by atoms with Crippen molar-refractivity contribution in [3.63, 3.8) is 0 Å². The summed E-state index contributed by atoms with van der Waals surface area (Å²) < 4.78 is 13.4. The number of hydrogen-bond acceptors (Lipinski definition) is 2. The van der Waals surface area contributed by atoms with Crippen molar-refractivity contribution in [3.05, 3.63) is 57.6 Å². The van der Waals surface area contributed by atoms with Gasteiger partial charge in [-0.3, -0.25) is 4.79 Å². The molecule has 6 heteroatoms. The average molecular weight is 299 g/mol. The Labute approximate surface area is 119 Å². The molecule has 0 bridgehead atoms. The van der Waals surface area contributed by atoms with E-state index in [-0.39, 0.29) is 21.6 Å². The first-order valence-corrected chi connectivity index (χ1v) is 6.13. The van der Waals surface area contributed by atoms with Crippen molar-refractivity contribution >= 4 is 34.8 Å². The fraction of sp³-hybridized carbons (Fsp3) is 0.0769. The van der Waals surface area contributed by atoms with E-state index in [9.17, 15) is 9.18 Å². The Bertz CT molecular complexity index is 623. The second-order valence-electron chi connectivity index (χ2n) is 3.86. The molecule has 0 aliphatic heterocycles. The topological polar surface area (TPSA) is 42.0 Å². The normalized spacial score (nSPS) is 10.3. The van der Waals surface area contributed by atoms with Gasteiger partial charge in [-0.2, -0.15) is 0 Å². The summed E-state index contributed by atoms with van der Waals surface area (Å²) in [7, 11) is 0. The number of hydrogen-bond donors (Lipinski definition) is 1. The van der Waals surface area contributed by atoms with Crippen LogP contribution >= 0.6 is 23.2 Å². The fourth-order valence-electron chi connectivity index (χ4n) is 1.62. The van der Waals surface area contributed by atoms with Gasteiger partial charge in [-0.15, -0.1) is 0 Å². The minimum Gasteiger partial charge on any atom is -0.319 e. The summed E-state index contributed by atoms with van der Waals surface area (Å²) >= 11 is 11.6. The summed E-state index contributed by atoms with van der Waals surface area (Å²) in [6.45, 7) is 1.68. The van der Waals surface area contributed by atoms with Gasteiger partial charge in [0.2, 0.25) is 0 Å². The van der Waals surface area contributed by atoms with Gasteiger partial charge < -0.3 is 5.32 Å². The molecule has 1 amide bonds. The van der Waals surface area contributed by atoms with Crippen molar-refractivity contribution in [3.8, 4) is 0 Å². The van der Waals surface area contributed by atoms with Gasteiger partial charge in [0.15, 0.2) is 0 Å². The number of nitrogens with one attached hydrogen (secondary N) is 1. The molecule has 3 nitrogen and oxygen atoms in total. The lowest BCUT2D eigenvalue weighted by atomic mass is 10.1. The van der Waals surface area contributed by atoms with Gasteiger partial charge in [-0.05, 0) is 30.7 Å². The highest BCUT2D eigenvalue weighted by Crippen LogP contribution is 2.23. The Morgan fingerprint density at radius 1 is 1.32 bits per heavy atom. The van der Waals surface area contributed by atoms with Gasteiger partial charge in [0, 0.05) is 0 Å². The summed E-state index contributed by atoms with van der Waals surface area (Å²) in [4.78, 5) is 15.9. The van der Waals surface area contributed by atoms with Gasteiger partial charge in [0.25, 0.3) is 5.91 Å². The van der Waals surface area contributed by atoms with Gasteiger partial charge in [-0.25, -0.2) is 9.37 Å². The van der Waals surface area contributed by atoms with E-state index in [2.05, 4.69) is 10.3 Å². The number of para-hydroxylation sites is 1. The third kappa shape index (κ3) is 3.03. The van der Waals surface area contributed by atoms with Crippen molar-refractivity contribution in [1.82, 2.24) is 4.98 Å². The monoisotopic (exact) mass is 298 g/mol. The molecule has 19 heavy (non-hydrogen) atoms. The van der Waals surface area contributed by atoms with Crippen LogP contribution in [-0.4, -0.2) is 10.9 Å². The van der Waals surface area contributed by atoms with Crippen molar-refractivity contribution in [2.24, 2.45) is 0 Å². The minimum atomic E-state index is -0.531. The Morgan fingerprint density at radius 3 is 2.63 bits per heavy atom. The van der Waals surface area contributed by atoms with E-state index in [0.29, 0.717) is 5.56 Å². The highest BCUT2D eigenvalue weighted by molar-refractivity contribution is 6.35. The van der Waals surface area contributed by atoms with Gasteiger partial charge in [-0.1, -0.05) is 35.3 Å². The number of amides is 1. The first-order valence-electron chi connectivity index (χ1n) is 5.37. The first kappa shape index (κ1) is 13.8. The molecule has 0 unspecified atom stereocenters. The molecule has 1 N–H and O–H groups in total. The Kier molecular flexibility index (Phi) is 4.02. The maximum absolute atomic E-state index is 13.4. The van der Waals surface area contributed by atoms with Crippen LogP contribution in [0, 0.1) is 12.7 Å². The van der Waals surface area contributed by atoms with Gasteiger partial charge >= 0.3 is 0 Å². The Morgan fingerprint density at radius 2 is 2.00 bits per heavy atom. The zero-order valence-electron chi connectivity index (χ0n) is 9.88. The van der Waals surface area contributed by atoms with E-state index >= 15 is 0 Å². The zero-order valence-corrected chi connectivity index (χ0v) is 11.4. The molecule has 0 saturated heterocycles. The standard InChI is InChI=1S/C13H9Cl2FN2O/c1-7-6-10(14)18-12(15)11(7)13(19)17-9-5-3-2-4-8(9)16/h2-6H,1H3,(H,17,19). The molecule has 2 rings (SSSR count). The maximum atomic E-state index is 13.4. The summed E-state index contributed by atoms with van der Waals surface area (Å²) in [5.74, 6) is -1.05. The van der Waals surface area contributed by atoms with Crippen LogP contribution in [-0.2, 0) is 0 Å². The van der Waals surface area contributed by atoms with Crippen LogP contribution in [0.4, 0.5) is 10.1 Å². The third-order valence-corrected chi connectivity index (χ3v) is 2.96. The van der Waals surface area contributed by atoms with E-state index in [1.807, 2.05) is 0 Å². The second kappa shape index (κ2) is 5.55. The summed E-state index contributed by atoms with van der Waals surface area (Å²) in [6, 6.07) is 7.38. The molecule has 1 heterocycles. The van der Waals surface area contributed by atoms with Crippen LogP contribution in [0.3, 0.4) is 0 Å². The lowest BCUT2D eigenvalue weighted by Crippen LogP contribution is -2.15. The number of aromatic nitrogens is 1. The average Bonchev–Trinajstić information content (AvgIpc) is 2.30. The molecule has 0 aliphatic rings. The number of rotatable bonds is 2. The Hall–Kier alpha value is -1.65. The largest absolute Gasteiger partial charge is 0.319 e. The van der Waals surface area contributed by atoms with Crippen LogP contribution in [0.25, 0.3) is 0 Å². The molecule has 0 radical (unpaired) electrons. The number of benzene rings is 1. The number of carbonyl (C=O) groups excluding carboxylic acids is 1. The van der Waals surface area contributed by atoms with Crippen LogP contribution in [0.2, 0.25) is 10.3 Å². The van der Waals surface area contributed by atoms with E-state index in [0.717, 1.165) is 0 Å². The van der Waals surface area contributed by atoms with Crippen molar-refractivity contribution < 1.29 is 9.18 Å². The molecular weight excluding hydrogens is 290 g/mol. The number of aryl methyl sites for hydroxylation is 1. The fourth-order valence-corrected chi connectivity index (χ4v) is 2.23. The molecule has 98 valence electrons. The molecule has 0 spiro atoms. The van der Waals surface area contributed by atoms with Crippen LogP contribution in [0.5, 0.6) is 0 Å². The van der Waals surface area contributed by atoms with Crippen LogP contribution in [0.1, 0.15) is 15.9 Å². The first-order chi connectivity index (χ1) is 8.99. The smallest absolute Gasteiger partial charge is 0.259 e. The third-order valence-electron chi connectivity index (χ3n) is 2.49. The maximum Gasteiger partial charge on any atom is 0.259 e. The number of carbonyl (C=O) groups is 1. The number of halogens is 3. The van der Waals surface area contributed by atoms with E-state index in [1.54, 1.807) is 13.0 Å². The number of pyridine rings is 1. The van der Waals surface area contributed by atoms with Crippen LogP contribution in [0.15, 0.2) is 30.3 Å².